The lowest BCUT2D eigenvalue weighted by Crippen LogP contribution is -2.01. The zero-order valence-corrected chi connectivity index (χ0v) is 16.1. The van der Waals surface area contributed by atoms with Gasteiger partial charge in [-0.15, -0.1) is 0 Å². The van der Waals surface area contributed by atoms with E-state index in [1.807, 2.05) is 42.5 Å². The Morgan fingerprint density at radius 2 is 1.35 bits per heavy atom. The summed E-state index contributed by atoms with van der Waals surface area (Å²) in [7, 11) is 0. The molecule has 2 atom stereocenters. The van der Waals surface area contributed by atoms with E-state index in [1.54, 1.807) is 6.08 Å². The van der Waals surface area contributed by atoms with Gasteiger partial charge in [-0.2, -0.15) is 0 Å². The maximum Gasteiger partial charge on any atom is 0.303 e. The molecule has 0 heterocycles. The van der Waals surface area contributed by atoms with E-state index in [2.05, 4.69) is 6.92 Å². The molecule has 2 unspecified atom stereocenters. The highest BCUT2D eigenvalue weighted by molar-refractivity contribution is 5.66. The molecule has 0 radical (unpaired) electrons. The van der Waals surface area contributed by atoms with Crippen molar-refractivity contribution >= 4 is 5.97 Å². The summed E-state index contributed by atoms with van der Waals surface area (Å²) in [5, 5.41) is 28.0. The Hall–Kier alpha value is -1.65. The molecule has 0 spiro atoms. The maximum absolute atomic E-state index is 10.4. The largest absolute Gasteiger partial charge is 0.481 e. The molecular weight excluding hydrogens is 328 g/mol. The number of carboxylic acid groups (broad SMARTS) is 1. The number of hydrogen-bond donors (Lipinski definition) is 3. The molecule has 0 aliphatic rings. The number of carboxylic acids is 1. The van der Waals surface area contributed by atoms with Crippen molar-refractivity contribution in [1.29, 1.82) is 0 Å². The number of aliphatic carboxylic acids is 1. The fourth-order valence-electron chi connectivity index (χ4n) is 2.38. The molecule has 0 aromatic heterocycles. The van der Waals surface area contributed by atoms with Gasteiger partial charge in [-0.1, -0.05) is 87.6 Å². The van der Waals surface area contributed by atoms with Crippen molar-refractivity contribution in [2.75, 3.05) is 0 Å². The Bertz CT molecular complexity index is 449. The van der Waals surface area contributed by atoms with Crippen molar-refractivity contribution in [1.82, 2.24) is 0 Å². The van der Waals surface area contributed by atoms with E-state index in [4.69, 9.17) is 5.11 Å². The van der Waals surface area contributed by atoms with Gasteiger partial charge < -0.3 is 15.3 Å². The molecular formula is C22H36O4. The van der Waals surface area contributed by atoms with E-state index in [-0.39, 0.29) is 12.5 Å². The second-order valence-corrected chi connectivity index (χ2v) is 6.49. The van der Waals surface area contributed by atoms with E-state index in [0.29, 0.717) is 12.8 Å². The molecule has 3 N–H and O–H groups in total. The highest BCUT2D eigenvalue weighted by Crippen LogP contribution is 2.07. The first-order valence-electron chi connectivity index (χ1n) is 9.80. The number of hydrogen-bond acceptors (Lipinski definition) is 3. The lowest BCUT2D eigenvalue weighted by atomic mass is 10.1. The standard InChI is InChI=1S/C22H36O4/c1-2-3-10-15-20(23)16-11-7-5-4-6-8-12-17-21(24)18-13-9-14-19-22(25)26/h5-8,11-12,16-17,20-21,23-24H,2-4,9-10,13-15,18-19H2,1H3,(H,25,26)/b7-5-,8-6-,16-11+,17-12+. The quantitative estimate of drug-likeness (QED) is 0.268. The van der Waals surface area contributed by atoms with Gasteiger partial charge in [0.2, 0.25) is 0 Å². The number of rotatable bonds is 16. The molecule has 4 nitrogen and oxygen atoms in total. The zero-order valence-electron chi connectivity index (χ0n) is 16.1. The van der Waals surface area contributed by atoms with Crippen molar-refractivity contribution in [3.8, 4) is 0 Å². The molecule has 0 aromatic rings. The van der Waals surface area contributed by atoms with Crippen LogP contribution in [0.25, 0.3) is 0 Å². The Morgan fingerprint density at radius 3 is 1.85 bits per heavy atom. The minimum absolute atomic E-state index is 0.204. The van der Waals surface area contributed by atoms with Gasteiger partial charge in [0.15, 0.2) is 0 Å². The van der Waals surface area contributed by atoms with Gasteiger partial charge in [-0.05, 0) is 25.7 Å². The zero-order chi connectivity index (χ0) is 19.5. The average Bonchev–Trinajstić information content (AvgIpc) is 2.60. The lowest BCUT2D eigenvalue weighted by Gasteiger charge is -2.03. The van der Waals surface area contributed by atoms with Crippen LogP contribution in [-0.4, -0.2) is 33.5 Å². The Balaban J connectivity index is 3.71. The van der Waals surface area contributed by atoms with Gasteiger partial charge in [-0.3, -0.25) is 4.79 Å². The summed E-state index contributed by atoms with van der Waals surface area (Å²) in [6.07, 6.45) is 22.5. The smallest absolute Gasteiger partial charge is 0.303 e. The molecule has 148 valence electrons. The molecule has 0 saturated heterocycles. The predicted molar refractivity (Wildman–Crippen MR) is 108 cm³/mol. The molecule has 26 heavy (non-hydrogen) atoms. The van der Waals surface area contributed by atoms with Crippen molar-refractivity contribution in [3.05, 3.63) is 48.6 Å². The summed E-state index contributed by atoms with van der Waals surface area (Å²) in [6.45, 7) is 2.15. The van der Waals surface area contributed by atoms with Crippen LogP contribution in [0.2, 0.25) is 0 Å². The van der Waals surface area contributed by atoms with E-state index in [1.165, 1.54) is 12.8 Å². The fourth-order valence-corrected chi connectivity index (χ4v) is 2.38. The molecule has 0 saturated carbocycles. The molecule has 0 aliphatic carbocycles. The molecule has 0 aliphatic heterocycles. The maximum atomic E-state index is 10.4. The normalized spacial score (nSPS) is 14.9. The number of aliphatic hydroxyl groups is 2. The highest BCUT2D eigenvalue weighted by Gasteiger charge is 2.00. The van der Waals surface area contributed by atoms with Gasteiger partial charge in [0.1, 0.15) is 0 Å². The van der Waals surface area contributed by atoms with Gasteiger partial charge in [0.05, 0.1) is 12.2 Å². The molecule has 0 bridgehead atoms. The van der Waals surface area contributed by atoms with Crippen LogP contribution in [0.1, 0.15) is 71.1 Å². The lowest BCUT2D eigenvalue weighted by molar-refractivity contribution is -0.137. The highest BCUT2D eigenvalue weighted by atomic mass is 16.4. The van der Waals surface area contributed by atoms with E-state index in [9.17, 15) is 15.0 Å². The van der Waals surface area contributed by atoms with Crippen LogP contribution >= 0.6 is 0 Å². The number of carbonyl (C=O) groups is 1. The molecule has 0 rings (SSSR count). The van der Waals surface area contributed by atoms with Gasteiger partial charge >= 0.3 is 5.97 Å². The fraction of sp³-hybridized carbons (Fsp3) is 0.591. The predicted octanol–water partition coefficient (Wildman–Crippen LogP) is 4.94. The summed E-state index contributed by atoms with van der Waals surface area (Å²) in [6, 6.07) is 0. The molecule has 0 aromatic carbocycles. The first-order valence-corrected chi connectivity index (χ1v) is 9.80. The molecule has 4 heteroatoms. The van der Waals surface area contributed by atoms with Crippen LogP contribution < -0.4 is 0 Å². The van der Waals surface area contributed by atoms with Crippen molar-refractivity contribution in [2.45, 2.75) is 83.3 Å². The Kier molecular flexibility index (Phi) is 17.0. The summed E-state index contributed by atoms with van der Waals surface area (Å²) in [4.78, 5) is 10.4. The van der Waals surface area contributed by atoms with Crippen molar-refractivity contribution in [2.24, 2.45) is 0 Å². The third kappa shape index (κ3) is 18.7. The first-order chi connectivity index (χ1) is 12.6. The van der Waals surface area contributed by atoms with E-state index >= 15 is 0 Å². The minimum Gasteiger partial charge on any atom is -0.481 e. The van der Waals surface area contributed by atoms with E-state index < -0.39 is 12.1 Å². The Labute approximate surface area is 158 Å². The van der Waals surface area contributed by atoms with Crippen LogP contribution in [-0.2, 0) is 4.79 Å². The van der Waals surface area contributed by atoms with Crippen LogP contribution in [0.5, 0.6) is 0 Å². The van der Waals surface area contributed by atoms with Crippen LogP contribution in [0.4, 0.5) is 0 Å². The Morgan fingerprint density at radius 1 is 0.808 bits per heavy atom. The monoisotopic (exact) mass is 364 g/mol. The summed E-state index contributed by atoms with van der Waals surface area (Å²) < 4.78 is 0. The number of unbranched alkanes of at least 4 members (excludes halogenated alkanes) is 4. The second kappa shape index (κ2) is 18.2. The first kappa shape index (κ1) is 24.4. The second-order valence-electron chi connectivity index (χ2n) is 6.49. The average molecular weight is 365 g/mol. The van der Waals surface area contributed by atoms with Crippen LogP contribution in [0, 0.1) is 0 Å². The SMILES string of the molecule is CCCCCC(O)/C=C/C=C\C/C=C\C=C\C(O)CCCCCC(=O)O. The number of allylic oxidation sites excluding steroid dienone is 6. The van der Waals surface area contributed by atoms with Crippen LogP contribution in [0.3, 0.4) is 0 Å². The molecule has 0 amide bonds. The topological polar surface area (TPSA) is 77.8 Å². The van der Waals surface area contributed by atoms with Crippen molar-refractivity contribution < 1.29 is 20.1 Å². The minimum atomic E-state index is -0.761. The van der Waals surface area contributed by atoms with Crippen molar-refractivity contribution in [3.63, 3.8) is 0 Å². The third-order valence-corrected chi connectivity index (χ3v) is 3.93. The van der Waals surface area contributed by atoms with Gasteiger partial charge in [-0.25, -0.2) is 0 Å². The summed E-state index contributed by atoms with van der Waals surface area (Å²) >= 11 is 0. The van der Waals surface area contributed by atoms with Crippen LogP contribution in [0.15, 0.2) is 48.6 Å². The van der Waals surface area contributed by atoms with Gasteiger partial charge in [0, 0.05) is 6.42 Å². The summed E-state index contributed by atoms with van der Waals surface area (Å²) in [5.74, 6) is -0.761. The van der Waals surface area contributed by atoms with E-state index in [0.717, 1.165) is 32.1 Å². The number of aliphatic hydroxyl groups excluding tert-OH is 2. The molecule has 0 fully saturated rings. The van der Waals surface area contributed by atoms with Gasteiger partial charge in [0.25, 0.3) is 0 Å². The summed E-state index contributed by atoms with van der Waals surface area (Å²) in [5.41, 5.74) is 0. The third-order valence-electron chi connectivity index (χ3n) is 3.93.